The maximum Gasteiger partial charge on any atom is 0.240 e. The van der Waals surface area contributed by atoms with Gasteiger partial charge in [-0.15, -0.1) is 0 Å². The molecule has 0 aromatic heterocycles. The smallest absolute Gasteiger partial charge is 0.240 e. The lowest BCUT2D eigenvalue weighted by Gasteiger charge is -2.35. The SMILES string of the molecule is CCCC1CCC(NC(=O)C2(N)CCCCC2)CC1. The highest BCUT2D eigenvalue weighted by atomic mass is 16.2. The lowest BCUT2D eigenvalue weighted by atomic mass is 9.80. The van der Waals surface area contributed by atoms with Crippen LogP contribution in [0.3, 0.4) is 0 Å². The number of carbonyl (C=O) groups excluding carboxylic acids is 1. The zero-order chi connectivity index (χ0) is 13.7. The van der Waals surface area contributed by atoms with Crippen LogP contribution in [-0.4, -0.2) is 17.5 Å². The fraction of sp³-hybridized carbons (Fsp3) is 0.938. The summed E-state index contributed by atoms with van der Waals surface area (Å²) < 4.78 is 0. The van der Waals surface area contributed by atoms with E-state index in [-0.39, 0.29) is 5.91 Å². The number of rotatable bonds is 4. The topological polar surface area (TPSA) is 55.1 Å². The third-order valence-electron chi connectivity index (χ3n) is 5.08. The molecule has 2 saturated carbocycles. The first-order valence-electron chi connectivity index (χ1n) is 8.24. The molecule has 0 atom stereocenters. The van der Waals surface area contributed by atoms with E-state index in [0.29, 0.717) is 6.04 Å². The minimum atomic E-state index is -0.571. The van der Waals surface area contributed by atoms with Crippen LogP contribution in [0.1, 0.15) is 77.6 Å². The first-order valence-corrected chi connectivity index (χ1v) is 8.24. The van der Waals surface area contributed by atoms with Crippen molar-refractivity contribution in [1.82, 2.24) is 5.32 Å². The van der Waals surface area contributed by atoms with Crippen LogP contribution in [0.5, 0.6) is 0 Å². The molecule has 3 heteroatoms. The average molecular weight is 266 g/mol. The molecule has 2 fully saturated rings. The fourth-order valence-electron chi connectivity index (χ4n) is 3.74. The van der Waals surface area contributed by atoms with E-state index in [4.69, 9.17) is 5.73 Å². The van der Waals surface area contributed by atoms with Gasteiger partial charge in [0.05, 0.1) is 5.54 Å². The van der Waals surface area contributed by atoms with Crippen LogP contribution < -0.4 is 11.1 Å². The number of nitrogens with one attached hydrogen (secondary N) is 1. The molecule has 2 rings (SSSR count). The van der Waals surface area contributed by atoms with Crippen LogP contribution in [0.25, 0.3) is 0 Å². The monoisotopic (exact) mass is 266 g/mol. The van der Waals surface area contributed by atoms with Gasteiger partial charge in [-0.05, 0) is 44.4 Å². The Labute approximate surface area is 117 Å². The van der Waals surface area contributed by atoms with Gasteiger partial charge in [-0.2, -0.15) is 0 Å². The van der Waals surface area contributed by atoms with E-state index >= 15 is 0 Å². The van der Waals surface area contributed by atoms with E-state index in [9.17, 15) is 4.79 Å². The highest BCUT2D eigenvalue weighted by Crippen LogP contribution is 2.29. The predicted octanol–water partition coefficient (Wildman–Crippen LogP) is 3.12. The first kappa shape index (κ1) is 14.8. The van der Waals surface area contributed by atoms with Crippen molar-refractivity contribution in [2.24, 2.45) is 11.7 Å². The van der Waals surface area contributed by atoms with Gasteiger partial charge < -0.3 is 11.1 Å². The summed E-state index contributed by atoms with van der Waals surface area (Å²) in [5.74, 6) is 1.01. The van der Waals surface area contributed by atoms with Crippen LogP contribution in [0, 0.1) is 5.92 Å². The van der Waals surface area contributed by atoms with Gasteiger partial charge in [0.2, 0.25) is 5.91 Å². The van der Waals surface area contributed by atoms with E-state index in [1.54, 1.807) is 0 Å². The molecule has 0 unspecified atom stereocenters. The molecule has 0 heterocycles. The number of amides is 1. The van der Waals surface area contributed by atoms with E-state index in [1.807, 2.05) is 0 Å². The summed E-state index contributed by atoms with van der Waals surface area (Å²) in [6, 6.07) is 0.378. The van der Waals surface area contributed by atoms with Gasteiger partial charge in [0.1, 0.15) is 0 Å². The van der Waals surface area contributed by atoms with E-state index in [0.717, 1.165) is 44.4 Å². The van der Waals surface area contributed by atoms with Crippen LogP contribution >= 0.6 is 0 Å². The summed E-state index contributed by atoms with van der Waals surface area (Å²) >= 11 is 0. The minimum absolute atomic E-state index is 0.117. The van der Waals surface area contributed by atoms with Gasteiger partial charge in [-0.3, -0.25) is 4.79 Å². The van der Waals surface area contributed by atoms with Crippen molar-refractivity contribution in [2.75, 3.05) is 0 Å². The Morgan fingerprint density at radius 3 is 2.37 bits per heavy atom. The Morgan fingerprint density at radius 1 is 1.16 bits per heavy atom. The largest absolute Gasteiger partial charge is 0.352 e. The second-order valence-corrected chi connectivity index (χ2v) is 6.70. The summed E-state index contributed by atoms with van der Waals surface area (Å²) in [5, 5.41) is 3.23. The lowest BCUT2D eigenvalue weighted by Crippen LogP contribution is -2.57. The third kappa shape index (κ3) is 3.95. The maximum atomic E-state index is 12.4. The van der Waals surface area contributed by atoms with Crippen molar-refractivity contribution in [3.8, 4) is 0 Å². The van der Waals surface area contributed by atoms with Gasteiger partial charge >= 0.3 is 0 Å². The highest BCUT2D eigenvalue weighted by molar-refractivity contribution is 5.86. The van der Waals surface area contributed by atoms with Crippen molar-refractivity contribution in [2.45, 2.75) is 89.1 Å². The first-order chi connectivity index (χ1) is 9.14. The zero-order valence-electron chi connectivity index (χ0n) is 12.4. The molecular formula is C16H30N2O. The Morgan fingerprint density at radius 2 is 1.79 bits per heavy atom. The quantitative estimate of drug-likeness (QED) is 0.821. The third-order valence-corrected chi connectivity index (χ3v) is 5.08. The summed E-state index contributed by atoms with van der Waals surface area (Å²) in [5.41, 5.74) is 5.71. The molecule has 0 radical (unpaired) electrons. The maximum absolute atomic E-state index is 12.4. The molecule has 0 spiro atoms. The summed E-state index contributed by atoms with van der Waals surface area (Å²) in [4.78, 5) is 12.4. The molecule has 0 saturated heterocycles. The second-order valence-electron chi connectivity index (χ2n) is 6.70. The van der Waals surface area contributed by atoms with Crippen molar-refractivity contribution in [3.63, 3.8) is 0 Å². The summed E-state index contributed by atoms with van der Waals surface area (Å²) in [6.07, 6.45) is 12.6. The number of hydrogen-bond donors (Lipinski definition) is 2. The number of carbonyl (C=O) groups is 1. The van der Waals surface area contributed by atoms with Gasteiger partial charge in [-0.25, -0.2) is 0 Å². The molecule has 3 N–H and O–H groups in total. The molecule has 2 aliphatic rings. The highest BCUT2D eigenvalue weighted by Gasteiger charge is 2.36. The molecule has 0 aliphatic heterocycles. The molecule has 2 aliphatic carbocycles. The molecule has 3 nitrogen and oxygen atoms in total. The lowest BCUT2D eigenvalue weighted by molar-refractivity contribution is -0.128. The van der Waals surface area contributed by atoms with Gasteiger partial charge in [0.15, 0.2) is 0 Å². The van der Waals surface area contributed by atoms with Crippen molar-refractivity contribution in [3.05, 3.63) is 0 Å². The second kappa shape index (κ2) is 6.74. The molecule has 0 aromatic rings. The molecule has 0 bridgehead atoms. The normalized spacial score (nSPS) is 30.8. The van der Waals surface area contributed by atoms with Gasteiger partial charge in [0.25, 0.3) is 0 Å². The van der Waals surface area contributed by atoms with E-state index in [2.05, 4.69) is 12.2 Å². The number of nitrogens with two attached hydrogens (primary N) is 1. The summed E-state index contributed by atoms with van der Waals surface area (Å²) in [6.45, 7) is 2.26. The zero-order valence-corrected chi connectivity index (χ0v) is 12.4. The molecule has 0 aromatic carbocycles. The summed E-state index contributed by atoms with van der Waals surface area (Å²) in [7, 11) is 0. The van der Waals surface area contributed by atoms with Crippen LogP contribution in [0.4, 0.5) is 0 Å². The van der Waals surface area contributed by atoms with Gasteiger partial charge in [0, 0.05) is 6.04 Å². The van der Waals surface area contributed by atoms with Crippen molar-refractivity contribution in [1.29, 1.82) is 0 Å². The molecule has 110 valence electrons. The molecule has 19 heavy (non-hydrogen) atoms. The fourth-order valence-corrected chi connectivity index (χ4v) is 3.74. The van der Waals surface area contributed by atoms with Gasteiger partial charge in [-0.1, -0.05) is 39.0 Å². The Bertz CT molecular complexity index is 289. The van der Waals surface area contributed by atoms with Crippen LogP contribution in [0.15, 0.2) is 0 Å². The van der Waals surface area contributed by atoms with E-state index < -0.39 is 5.54 Å². The number of hydrogen-bond acceptors (Lipinski definition) is 2. The Balaban J connectivity index is 1.77. The minimum Gasteiger partial charge on any atom is -0.352 e. The predicted molar refractivity (Wildman–Crippen MR) is 78.8 cm³/mol. The average Bonchev–Trinajstić information content (AvgIpc) is 2.42. The Hall–Kier alpha value is -0.570. The molecular weight excluding hydrogens is 236 g/mol. The van der Waals surface area contributed by atoms with Crippen LogP contribution in [-0.2, 0) is 4.79 Å². The van der Waals surface area contributed by atoms with Crippen molar-refractivity contribution >= 4 is 5.91 Å². The standard InChI is InChI=1S/C16H30N2O/c1-2-6-13-7-9-14(10-8-13)18-15(19)16(17)11-4-3-5-12-16/h13-14H,2-12,17H2,1H3,(H,18,19). The van der Waals surface area contributed by atoms with Crippen LogP contribution in [0.2, 0.25) is 0 Å². The Kier molecular flexibility index (Phi) is 5.26. The van der Waals surface area contributed by atoms with E-state index in [1.165, 1.54) is 32.1 Å². The van der Waals surface area contributed by atoms with Crippen molar-refractivity contribution < 1.29 is 4.79 Å². The molecule has 1 amide bonds.